The second kappa shape index (κ2) is 11.6. The summed E-state index contributed by atoms with van der Waals surface area (Å²) in [4.78, 5) is 6.75. The Labute approximate surface area is 84.6 Å². The third kappa shape index (κ3) is 13.2. The van der Waals surface area contributed by atoms with Crippen LogP contribution in [0.4, 0.5) is 0 Å². The second-order valence-corrected chi connectivity index (χ2v) is 12.3. The van der Waals surface area contributed by atoms with Crippen molar-refractivity contribution in [2.75, 3.05) is 20.6 Å². The molecule has 0 saturated carbocycles. The van der Waals surface area contributed by atoms with Crippen molar-refractivity contribution in [2.45, 2.75) is 42.6 Å². The molecule has 12 heavy (non-hydrogen) atoms. The number of nitrogens with zero attached hydrogens (tertiary/aromatic N) is 1. The summed E-state index contributed by atoms with van der Waals surface area (Å²) in [5.74, 6) is 0. The van der Waals surface area contributed by atoms with Gasteiger partial charge in [0.1, 0.15) is 0 Å². The van der Waals surface area contributed by atoms with E-state index in [1.165, 1.54) is 0 Å². The normalized spacial score (nSPS) is 9.25. The van der Waals surface area contributed by atoms with Crippen LogP contribution in [-0.2, 0) is 0 Å². The summed E-state index contributed by atoms with van der Waals surface area (Å²) < 4.78 is 0. The predicted octanol–water partition coefficient (Wildman–Crippen LogP) is 3.11. The Morgan fingerprint density at radius 2 is 1.08 bits per heavy atom. The fourth-order valence-electron chi connectivity index (χ4n) is 0.866. The molecule has 0 unspecified atom stereocenters. The van der Waals surface area contributed by atoms with Crippen molar-refractivity contribution in [3.8, 4) is 0 Å². The van der Waals surface area contributed by atoms with Gasteiger partial charge in [0.15, 0.2) is 0 Å². The van der Waals surface area contributed by atoms with E-state index in [0.29, 0.717) is 0 Å². The van der Waals surface area contributed by atoms with Crippen molar-refractivity contribution in [2.24, 2.45) is 0 Å². The first-order chi connectivity index (χ1) is 5.62. The minimum absolute atomic E-state index is 0.576. The quantitative estimate of drug-likeness (QED) is 0.670. The number of rotatable bonds is 4. The van der Waals surface area contributed by atoms with Gasteiger partial charge in [0, 0.05) is 0 Å². The fraction of sp³-hybridized carbons (Fsp3) is 1.00. The molecule has 2 heteroatoms. The van der Waals surface area contributed by atoms with E-state index in [0.717, 1.165) is 6.54 Å². The maximum atomic E-state index is 2.34. The zero-order valence-electron chi connectivity index (χ0n) is 9.85. The molecule has 74 valence electrons. The van der Waals surface area contributed by atoms with E-state index in [1.54, 1.807) is 14.9 Å². The van der Waals surface area contributed by atoms with Gasteiger partial charge in [0.25, 0.3) is 0 Å². The molecule has 0 aliphatic carbocycles. The van der Waals surface area contributed by atoms with Crippen LogP contribution in [0.1, 0.15) is 27.7 Å². The molecular formula is C10H26GaN. The molecule has 0 rings (SSSR count). The van der Waals surface area contributed by atoms with Gasteiger partial charge < -0.3 is 4.90 Å². The summed E-state index contributed by atoms with van der Waals surface area (Å²) in [6.07, 6.45) is 0. The molecule has 0 bridgehead atoms. The standard InChI is InChI=1S/C4H11N.3C2H5.Ga/c1-4-5(2)3;3*1-2;/h4H2,1-3H3;3*1H2,2H3;. The molecule has 0 fully saturated rings. The van der Waals surface area contributed by atoms with Crippen LogP contribution in [-0.4, -0.2) is 41.8 Å². The number of hydrogen-bond donors (Lipinski definition) is 0. The van der Waals surface area contributed by atoms with Crippen LogP contribution in [0.25, 0.3) is 0 Å². The average Bonchev–Trinajstić information content (AvgIpc) is 2.09. The van der Waals surface area contributed by atoms with Crippen molar-refractivity contribution in [1.29, 1.82) is 0 Å². The van der Waals surface area contributed by atoms with Gasteiger partial charge in [-0.05, 0) is 20.6 Å². The molecule has 0 aliphatic rings. The monoisotopic (exact) mass is 229 g/mol. The van der Waals surface area contributed by atoms with E-state index in [1.807, 2.05) is 0 Å². The molecule has 0 aliphatic heterocycles. The Hall–Kier alpha value is 0.596. The molecule has 0 radical (unpaired) electrons. The molecule has 1 nitrogen and oxygen atoms in total. The average molecular weight is 230 g/mol. The first kappa shape index (κ1) is 15.1. The summed E-state index contributed by atoms with van der Waals surface area (Å²) in [5, 5.41) is 0. The van der Waals surface area contributed by atoms with Gasteiger partial charge in [-0.3, -0.25) is 0 Å². The van der Waals surface area contributed by atoms with Crippen molar-refractivity contribution in [3.05, 3.63) is 0 Å². The Morgan fingerprint density at radius 3 is 1.08 bits per heavy atom. The van der Waals surface area contributed by atoms with Gasteiger partial charge in [-0.15, -0.1) is 0 Å². The molecule has 0 atom stereocenters. The summed E-state index contributed by atoms with van der Waals surface area (Å²) in [5.41, 5.74) is 0. The van der Waals surface area contributed by atoms with Gasteiger partial charge >= 0.3 is 51.9 Å². The van der Waals surface area contributed by atoms with Crippen LogP contribution in [0.5, 0.6) is 0 Å². The Balaban J connectivity index is 0. The fourth-order valence-corrected chi connectivity index (χ4v) is 4.50. The van der Waals surface area contributed by atoms with Crippen molar-refractivity contribution in [3.63, 3.8) is 0 Å². The van der Waals surface area contributed by atoms with E-state index in [4.69, 9.17) is 0 Å². The van der Waals surface area contributed by atoms with Crippen LogP contribution in [0.2, 0.25) is 14.9 Å². The molecule has 0 saturated heterocycles. The summed E-state index contributed by atoms with van der Waals surface area (Å²) in [6, 6.07) is 0. The number of hydrogen-bond acceptors (Lipinski definition) is 1. The third-order valence-electron chi connectivity index (χ3n) is 2.36. The van der Waals surface area contributed by atoms with Crippen LogP contribution >= 0.6 is 0 Å². The zero-order valence-corrected chi connectivity index (χ0v) is 12.3. The molecule has 0 aromatic heterocycles. The maximum absolute atomic E-state index is 2.34. The topological polar surface area (TPSA) is 3.24 Å². The van der Waals surface area contributed by atoms with Crippen LogP contribution in [0.3, 0.4) is 0 Å². The van der Waals surface area contributed by atoms with E-state index in [2.05, 4.69) is 46.7 Å². The van der Waals surface area contributed by atoms with E-state index in [-0.39, 0.29) is 0 Å². The zero-order chi connectivity index (χ0) is 9.98. The summed E-state index contributed by atoms with van der Waals surface area (Å²) in [6.45, 7) is 10.3. The van der Waals surface area contributed by atoms with Crippen LogP contribution < -0.4 is 0 Å². The van der Waals surface area contributed by atoms with Gasteiger partial charge in [-0.25, -0.2) is 0 Å². The summed E-state index contributed by atoms with van der Waals surface area (Å²) in [7, 11) is 4.11. The predicted molar refractivity (Wildman–Crippen MR) is 61.4 cm³/mol. The van der Waals surface area contributed by atoms with Crippen LogP contribution in [0.15, 0.2) is 0 Å². The van der Waals surface area contributed by atoms with Crippen molar-refractivity contribution >= 4 is 16.2 Å². The van der Waals surface area contributed by atoms with Gasteiger partial charge in [-0.2, -0.15) is 0 Å². The van der Waals surface area contributed by atoms with Crippen molar-refractivity contribution < 1.29 is 0 Å². The molecular weight excluding hydrogens is 204 g/mol. The van der Waals surface area contributed by atoms with Crippen molar-refractivity contribution in [1.82, 2.24) is 4.90 Å². The molecule has 0 aromatic carbocycles. The first-order valence-electron chi connectivity index (χ1n) is 5.26. The third-order valence-corrected chi connectivity index (χ3v) is 9.63. The van der Waals surface area contributed by atoms with Crippen LogP contribution in [0, 0.1) is 0 Å². The van der Waals surface area contributed by atoms with Gasteiger partial charge in [0.2, 0.25) is 0 Å². The SMILES string of the molecule is CCN(C)C.C[CH2][Ga]([CH2]C)[CH2]C. The molecule has 0 amide bonds. The molecule has 0 spiro atoms. The Morgan fingerprint density at radius 1 is 0.833 bits per heavy atom. The van der Waals surface area contributed by atoms with E-state index >= 15 is 0 Å². The Bertz CT molecular complexity index is 64.7. The molecule has 0 heterocycles. The first-order valence-corrected chi connectivity index (χ1v) is 10.4. The molecule has 0 N–H and O–H groups in total. The molecule has 0 aromatic rings. The Kier molecular flexibility index (Phi) is 14.6. The van der Waals surface area contributed by atoms with E-state index in [9.17, 15) is 0 Å². The van der Waals surface area contributed by atoms with Gasteiger partial charge in [-0.1, -0.05) is 6.92 Å². The summed E-state index contributed by atoms with van der Waals surface area (Å²) >= 11 is -0.576. The minimum atomic E-state index is -0.576. The second-order valence-electron chi connectivity index (χ2n) is 3.49. The van der Waals surface area contributed by atoms with E-state index < -0.39 is 16.2 Å². The van der Waals surface area contributed by atoms with Gasteiger partial charge in [0.05, 0.1) is 0 Å².